The van der Waals surface area contributed by atoms with Gasteiger partial charge in [-0.1, -0.05) is 35.9 Å². The van der Waals surface area contributed by atoms with Crippen LogP contribution in [-0.2, 0) is 9.59 Å². The Morgan fingerprint density at radius 2 is 1.64 bits per heavy atom. The summed E-state index contributed by atoms with van der Waals surface area (Å²) < 4.78 is 5.63. The lowest BCUT2D eigenvalue weighted by atomic mass is 10.0. The summed E-state index contributed by atoms with van der Waals surface area (Å²) in [6.07, 6.45) is 0. The third kappa shape index (κ3) is 4.16. The highest BCUT2D eigenvalue weighted by Crippen LogP contribution is 2.38. The van der Waals surface area contributed by atoms with Gasteiger partial charge in [-0.15, -0.1) is 0 Å². The minimum atomic E-state index is -0.604. The maximum absolute atomic E-state index is 13.5. The number of carbonyl (C=O) groups is 2. The number of hydrogen-bond acceptors (Lipinski definition) is 6. The quantitative estimate of drug-likeness (QED) is 0.299. The molecule has 0 unspecified atom stereocenters. The zero-order valence-electron chi connectivity index (χ0n) is 17.4. The second-order valence-corrected chi connectivity index (χ2v) is 7.41. The Morgan fingerprint density at radius 3 is 2.30 bits per heavy atom. The average molecular weight is 464 g/mol. The molecule has 0 saturated heterocycles. The minimum absolute atomic E-state index is 0.0147. The van der Waals surface area contributed by atoms with Gasteiger partial charge in [0.1, 0.15) is 11.4 Å². The normalized spacial score (nSPS) is 13.5. The molecule has 0 aliphatic carbocycles. The van der Waals surface area contributed by atoms with Crippen molar-refractivity contribution in [2.24, 2.45) is 0 Å². The van der Waals surface area contributed by atoms with Crippen LogP contribution in [0.25, 0.3) is 5.57 Å². The van der Waals surface area contributed by atoms with Crippen molar-refractivity contribution in [2.75, 3.05) is 16.8 Å². The van der Waals surface area contributed by atoms with Crippen LogP contribution in [0.3, 0.4) is 0 Å². The molecule has 1 heterocycles. The third-order valence-corrected chi connectivity index (χ3v) is 5.31. The van der Waals surface area contributed by atoms with E-state index in [1.807, 2.05) is 6.92 Å². The second kappa shape index (κ2) is 9.13. The maximum atomic E-state index is 13.5. The number of hydrogen-bond donors (Lipinski definition) is 1. The first-order valence-corrected chi connectivity index (χ1v) is 10.4. The van der Waals surface area contributed by atoms with E-state index in [-0.39, 0.29) is 27.7 Å². The zero-order valence-corrected chi connectivity index (χ0v) is 18.2. The lowest BCUT2D eigenvalue weighted by Gasteiger charge is -2.17. The number of anilines is 2. The van der Waals surface area contributed by atoms with Crippen molar-refractivity contribution in [1.82, 2.24) is 0 Å². The van der Waals surface area contributed by atoms with Crippen molar-refractivity contribution < 1.29 is 19.2 Å². The Morgan fingerprint density at radius 1 is 0.970 bits per heavy atom. The summed E-state index contributed by atoms with van der Waals surface area (Å²) in [6.45, 7) is 2.24. The van der Waals surface area contributed by atoms with Gasteiger partial charge >= 0.3 is 0 Å². The van der Waals surface area contributed by atoms with Crippen LogP contribution < -0.4 is 15.0 Å². The first-order chi connectivity index (χ1) is 15.9. The van der Waals surface area contributed by atoms with E-state index in [9.17, 15) is 19.7 Å². The Labute approximate surface area is 194 Å². The molecule has 166 valence electrons. The Hall–Kier alpha value is -4.17. The van der Waals surface area contributed by atoms with Gasteiger partial charge in [-0.2, -0.15) is 0 Å². The minimum Gasteiger partial charge on any atom is -0.492 e. The van der Waals surface area contributed by atoms with E-state index in [4.69, 9.17) is 16.3 Å². The van der Waals surface area contributed by atoms with Crippen LogP contribution in [0, 0.1) is 10.1 Å². The fraction of sp³-hybridized carbons (Fsp3) is 0.0833. The van der Waals surface area contributed by atoms with Crippen molar-refractivity contribution in [3.63, 3.8) is 0 Å². The number of carbonyl (C=O) groups excluding carboxylic acids is 2. The highest BCUT2D eigenvalue weighted by Gasteiger charge is 2.41. The molecule has 33 heavy (non-hydrogen) atoms. The average Bonchev–Trinajstić information content (AvgIpc) is 3.05. The van der Waals surface area contributed by atoms with Crippen molar-refractivity contribution >= 4 is 46.1 Å². The van der Waals surface area contributed by atoms with E-state index < -0.39 is 16.7 Å². The maximum Gasteiger partial charge on any atom is 0.282 e. The summed E-state index contributed by atoms with van der Waals surface area (Å²) in [5.74, 6) is -0.696. The number of imide groups is 1. The zero-order chi connectivity index (χ0) is 23.5. The van der Waals surface area contributed by atoms with Gasteiger partial charge in [0.15, 0.2) is 0 Å². The van der Waals surface area contributed by atoms with Crippen molar-refractivity contribution in [2.45, 2.75) is 6.92 Å². The van der Waals surface area contributed by atoms with Crippen LogP contribution in [0.15, 0.2) is 78.5 Å². The second-order valence-electron chi connectivity index (χ2n) is 7.01. The summed E-state index contributed by atoms with van der Waals surface area (Å²) in [4.78, 5) is 38.5. The Bertz CT molecular complexity index is 1290. The largest absolute Gasteiger partial charge is 0.492 e. The molecule has 0 fully saturated rings. The molecule has 0 spiro atoms. The van der Waals surface area contributed by atoms with Crippen LogP contribution >= 0.6 is 11.6 Å². The van der Waals surface area contributed by atoms with Gasteiger partial charge in [0.25, 0.3) is 17.5 Å². The van der Waals surface area contributed by atoms with Crippen molar-refractivity contribution in [3.8, 4) is 5.75 Å². The van der Waals surface area contributed by atoms with Gasteiger partial charge in [0.05, 0.1) is 33.5 Å². The van der Waals surface area contributed by atoms with Gasteiger partial charge in [-0.25, -0.2) is 4.90 Å². The number of nitrogens with zero attached hydrogens (tertiary/aromatic N) is 2. The number of para-hydroxylation sites is 3. The van der Waals surface area contributed by atoms with Crippen LogP contribution in [0.4, 0.5) is 17.1 Å². The molecule has 4 rings (SSSR count). The van der Waals surface area contributed by atoms with E-state index in [0.717, 1.165) is 4.90 Å². The molecule has 9 heteroatoms. The first kappa shape index (κ1) is 22.0. The first-order valence-electron chi connectivity index (χ1n) is 10.0. The number of rotatable bonds is 7. The van der Waals surface area contributed by atoms with E-state index in [1.54, 1.807) is 48.5 Å². The fourth-order valence-corrected chi connectivity index (χ4v) is 3.72. The molecule has 1 N–H and O–H groups in total. The molecule has 0 aromatic heterocycles. The summed E-state index contributed by atoms with van der Waals surface area (Å²) in [7, 11) is 0. The molecule has 3 aromatic carbocycles. The smallest absolute Gasteiger partial charge is 0.282 e. The predicted octanol–water partition coefficient (Wildman–Crippen LogP) is 5.04. The predicted molar refractivity (Wildman–Crippen MR) is 125 cm³/mol. The number of non-ortho nitro benzene ring substituents is 1. The number of nitro groups is 1. The van der Waals surface area contributed by atoms with Gasteiger partial charge in [-0.05, 0) is 48.9 Å². The molecule has 0 bridgehead atoms. The standard InChI is InChI=1S/C24H18ClN3O5/c1-2-33-20-10-6-4-8-18(20)26-22-21(15-11-13-16(14-12-15)28(31)32)23(29)27(24(22)30)19-9-5-3-7-17(19)25/h3-14,26H,2H2,1H3. The molecule has 0 atom stereocenters. The topological polar surface area (TPSA) is 102 Å². The molecular weight excluding hydrogens is 446 g/mol. The highest BCUT2D eigenvalue weighted by atomic mass is 35.5. The summed E-state index contributed by atoms with van der Waals surface area (Å²) in [5.41, 5.74) is 1.04. The van der Waals surface area contributed by atoms with Crippen molar-refractivity contribution in [3.05, 3.63) is 99.2 Å². The summed E-state index contributed by atoms with van der Waals surface area (Å²) in [5, 5.41) is 14.3. The van der Waals surface area contributed by atoms with Crippen molar-refractivity contribution in [1.29, 1.82) is 0 Å². The SMILES string of the molecule is CCOc1ccccc1NC1=C(c2ccc([N+](=O)[O-])cc2)C(=O)N(c2ccccc2Cl)C1=O. The van der Waals surface area contributed by atoms with Crippen LogP contribution in [0.5, 0.6) is 5.75 Å². The van der Waals surface area contributed by atoms with E-state index in [1.165, 1.54) is 24.3 Å². The fourth-order valence-electron chi connectivity index (χ4n) is 3.50. The Kier molecular flexibility index (Phi) is 6.10. The van der Waals surface area contributed by atoms with Gasteiger partial charge in [-0.3, -0.25) is 19.7 Å². The third-order valence-electron chi connectivity index (χ3n) is 4.99. The number of amides is 2. The number of nitro benzene ring substituents is 1. The van der Waals surface area contributed by atoms with Crippen LogP contribution in [0.1, 0.15) is 12.5 Å². The Balaban J connectivity index is 1.85. The molecule has 1 aliphatic heterocycles. The van der Waals surface area contributed by atoms with Crippen LogP contribution in [0.2, 0.25) is 5.02 Å². The number of ether oxygens (including phenoxy) is 1. The summed E-state index contributed by atoms with van der Waals surface area (Å²) in [6, 6.07) is 19.0. The van der Waals surface area contributed by atoms with E-state index in [2.05, 4.69) is 5.32 Å². The van der Waals surface area contributed by atoms with Gasteiger partial charge < -0.3 is 10.1 Å². The number of benzene rings is 3. The van der Waals surface area contributed by atoms with E-state index in [0.29, 0.717) is 23.6 Å². The number of halogens is 1. The summed E-state index contributed by atoms with van der Waals surface area (Å²) >= 11 is 6.28. The van der Waals surface area contributed by atoms with Gasteiger partial charge in [0, 0.05) is 12.1 Å². The highest BCUT2D eigenvalue weighted by molar-refractivity contribution is 6.48. The monoisotopic (exact) mass is 463 g/mol. The molecule has 0 radical (unpaired) electrons. The lowest BCUT2D eigenvalue weighted by Crippen LogP contribution is -2.32. The van der Waals surface area contributed by atoms with Crippen LogP contribution in [-0.4, -0.2) is 23.3 Å². The lowest BCUT2D eigenvalue weighted by molar-refractivity contribution is -0.384. The molecular formula is C24H18ClN3O5. The van der Waals surface area contributed by atoms with Gasteiger partial charge in [0.2, 0.25) is 0 Å². The molecule has 1 aliphatic rings. The molecule has 8 nitrogen and oxygen atoms in total. The molecule has 3 aromatic rings. The molecule has 2 amide bonds. The van der Waals surface area contributed by atoms with E-state index >= 15 is 0 Å². The number of nitrogens with one attached hydrogen (secondary N) is 1. The molecule has 0 saturated carbocycles.